The lowest BCUT2D eigenvalue weighted by Gasteiger charge is -2.14. The highest BCUT2D eigenvalue weighted by Gasteiger charge is 2.32. The molecule has 1 aromatic rings. The zero-order chi connectivity index (χ0) is 16.7. The van der Waals surface area contributed by atoms with Crippen molar-refractivity contribution < 1.29 is 9.18 Å². The SMILES string of the molecule is CCCCN=C1SC(=Cc2ccccc2F)C(=O)N1CCCC. The van der Waals surface area contributed by atoms with Gasteiger partial charge in [0.05, 0.1) is 4.91 Å². The van der Waals surface area contributed by atoms with Crippen LogP contribution in [0, 0.1) is 5.82 Å². The van der Waals surface area contributed by atoms with Crippen LogP contribution in [0.2, 0.25) is 0 Å². The molecule has 1 fully saturated rings. The molecule has 1 saturated heterocycles. The molecule has 23 heavy (non-hydrogen) atoms. The zero-order valence-electron chi connectivity index (χ0n) is 13.7. The van der Waals surface area contributed by atoms with Crippen LogP contribution in [-0.4, -0.2) is 29.1 Å². The maximum Gasteiger partial charge on any atom is 0.266 e. The molecule has 124 valence electrons. The number of benzene rings is 1. The zero-order valence-corrected chi connectivity index (χ0v) is 14.5. The van der Waals surface area contributed by atoms with E-state index in [9.17, 15) is 9.18 Å². The molecule has 2 rings (SSSR count). The molecule has 0 spiro atoms. The largest absolute Gasteiger partial charge is 0.287 e. The molecule has 0 saturated carbocycles. The number of hydrogen-bond donors (Lipinski definition) is 0. The van der Waals surface area contributed by atoms with E-state index in [1.165, 1.54) is 17.8 Å². The first-order valence-corrected chi connectivity index (χ1v) is 8.99. The number of carbonyl (C=O) groups is 1. The van der Waals surface area contributed by atoms with E-state index in [0.717, 1.165) is 37.4 Å². The van der Waals surface area contributed by atoms with Crippen LogP contribution in [0.5, 0.6) is 0 Å². The summed E-state index contributed by atoms with van der Waals surface area (Å²) in [5.74, 6) is -0.383. The van der Waals surface area contributed by atoms with Crippen molar-refractivity contribution in [1.82, 2.24) is 4.90 Å². The molecule has 0 N–H and O–H groups in total. The fourth-order valence-electron chi connectivity index (χ4n) is 2.21. The maximum absolute atomic E-state index is 13.8. The molecular weight excluding hydrogens is 311 g/mol. The van der Waals surface area contributed by atoms with Crippen molar-refractivity contribution in [2.24, 2.45) is 4.99 Å². The smallest absolute Gasteiger partial charge is 0.266 e. The van der Waals surface area contributed by atoms with Gasteiger partial charge in [0, 0.05) is 18.7 Å². The van der Waals surface area contributed by atoms with Gasteiger partial charge in [-0.15, -0.1) is 0 Å². The van der Waals surface area contributed by atoms with Crippen LogP contribution < -0.4 is 0 Å². The van der Waals surface area contributed by atoms with Gasteiger partial charge in [0.1, 0.15) is 5.82 Å². The minimum Gasteiger partial charge on any atom is -0.287 e. The highest BCUT2D eigenvalue weighted by molar-refractivity contribution is 8.18. The molecule has 0 atom stereocenters. The van der Waals surface area contributed by atoms with Crippen LogP contribution in [0.3, 0.4) is 0 Å². The topological polar surface area (TPSA) is 32.7 Å². The number of halogens is 1. The van der Waals surface area contributed by atoms with Gasteiger partial charge in [0.2, 0.25) is 0 Å². The molecule has 0 unspecified atom stereocenters. The summed E-state index contributed by atoms with van der Waals surface area (Å²) in [4.78, 5) is 19.4. The Morgan fingerprint density at radius 3 is 2.65 bits per heavy atom. The average molecular weight is 334 g/mol. The number of rotatable bonds is 7. The third-order valence-corrected chi connectivity index (χ3v) is 4.62. The number of amidine groups is 1. The Balaban J connectivity index is 2.23. The number of carbonyl (C=O) groups excluding carboxylic acids is 1. The Bertz CT molecular complexity index is 613. The highest BCUT2D eigenvalue weighted by atomic mass is 32.2. The normalized spacial score (nSPS) is 18.4. The first-order chi connectivity index (χ1) is 11.2. The Morgan fingerprint density at radius 2 is 1.96 bits per heavy atom. The molecule has 1 amide bonds. The first kappa shape index (κ1) is 17.7. The Hall–Kier alpha value is -1.62. The van der Waals surface area contributed by atoms with Gasteiger partial charge in [0.15, 0.2) is 5.17 Å². The lowest BCUT2D eigenvalue weighted by molar-refractivity contribution is -0.122. The van der Waals surface area contributed by atoms with Gasteiger partial charge in [-0.3, -0.25) is 14.7 Å². The molecule has 1 aliphatic heterocycles. The van der Waals surface area contributed by atoms with Gasteiger partial charge in [-0.1, -0.05) is 44.9 Å². The van der Waals surface area contributed by atoms with Crippen LogP contribution in [0.15, 0.2) is 34.2 Å². The molecule has 0 bridgehead atoms. The van der Waals surface area contributed by atoms with Crippen molar-refractivity contribution in [3.05, 3.63) is 40.6 Å². The molecule has 1 heterocycles. The summed E-state index contributed by atoms with van der Waals surface area (Å²) in [5.41, 5.74) is 0.439. The van der Waals surface area contributed by atoms with Crippen LogP contribution in [-0.2, 0) is 4.79 Å². The summed E-state index contributed by atoms with van der Waals surface area (Å²) in [6, 6.07) is 6.50. The number of unbranched alkanes of at least 4 members (excludes halogenated alkanes) is 2. The maximum atomic E-state index is 13.8. The van der Waals surface area contributed by atoms with E-state index < -0.39 is 0 Å². The molecule has 1 aliphatic rings. The van der Waals surface area contributed by atoms with Crippen LogP contribution in [0.25, 0.3) is 6.08 Å². The third kappa shape index (κ3) is 4.67. The Labute approximate surface area is 141 Å². The summed E-state index contributed by atoms with van der Waals surface area (Å²) in [6.45, 7) is 5.60. The fourth-order valence-corrected chi connectivity index (χ4v) is 3.23. The van der Waals surface area contributed by atoms with Gasteiger partial charge >= 0.3 is 0 Å². The number of thioether (sulfide) groups is 1. The minimum atomic E-state index is -0.315. The molecule has 0 aliphatic carbocycles. The predicted molar refractivity (Wildman–Crippen MR) is 95.8 cm³/mol. The van der Waals surface area contributed by atoms with Gasteiger partial charge in [0.25, 0.3) is 5.91 Å². The van der Waals surface area contributed by atoms with Gasteiger partial charge in [-0.05, 0) is 36.7 Å². The minimum absolute atomic E-state index is 0.0676. The van der Waals surface area contributed by atoms with Gasteiger partial charge < -0.3 is 0 Å². The summed E-state index contributed by atoms with van der Waals surface area (Å²) in [7, 11) is 0. The summed E-state index contributed by atoms with van der Waals surface area (Å²) in [5, 5.41) is 0.750. The van der Waals surface area contributed by atoms with E-state index >= 15 is 0 Å². The molecule has 0 aromatic heterocycles. The fraction of sp³-hybridized carbons (Fsp3) is 0.444. The van der Waals surface area contributed by atoms with Crippen LogP contribution in [0.4, 0.5) is 4.39 Å². The first-order valence-electron chi connectivity index (χ1n) is 8.17. The number of hydrogen-bond acceptors (Lipinski definition) is 3. The van der Waals surface area contributed by atoms with Crippen molar-refractivity contribution in [2.45, 2.75) is 39.5 Å². The van der Waals surface area contributed by atoms with Crippen molar-refractivity contribution in [1.29, 1.82) is 0 Å². The third-order valence-electron chi connectivity index (χ3n) is 3.57. The molecule has 5 heteroatoms. The van der Waals surface area contributed by atoms with Crippen molar-refractivity contribution >= 4 is 28.9 Å². The summed E-state index contributed by atoms with van der Waals surface area (Å²) >= 11 is 1.35. The second-order valence-electron chi connectivity index (χ2n) is 5.46. The number of nitrogens with zero attached hydrogens (tertiary/aromatic N) is 2. The average Bonchev–Trinajstić information content (AvgIpc) is 2.83. The Morgan fingerprint density at radius 1 is 1.22 bits per heavy atom. The standard InChI is InChI=1S/C18H23FN2OS/c1-3-5-11-20-18-21(12-6-4-2)17(22)16(23-18)13-14-9-7-8-10-15(14)19/h7-10,13H,3-6,11-12H2,1-2H3. The van der Waals surface area contributed by atoms with Crippen molar-refractivity contribution in [3.63, 3.8) is 0 Å². The lowest BCUT2D eigenvalue weighted by Crippen LogP contribution is -2.30. The number of amides is 1. The van der Waals surface area contributed by atoms with Crippen molar-refractivity contribution in [2.75, 3.05) is 13.1 Å². The highest BCUT2D eigenvalue weighted by Crippen LogP contribution is 2.33. The van der Waals surface area contributed by atoms with E-state index in [1.807, 2.05) is 0 Å². The van der Waals surface area contributed by atoms with E-state index in [4.69, 9.17) is 0 Å². The summed E-state index contributed by atoms with van der Waals surface area (Å²) in [6.07, 6.45) is 5.66. The predicted octanol–water partition coefficient (Wildman–Crippen LogP) is 4.70. The Kier molecular flexibility index (Phi) is 6.84. The van der Waals surface area contributed by atoms with Crippen LogP contribution in [0.1, 0.15) is 45.1 Å². The van der Waals surface area contributed by atoms with E-state index in [0.29, 0.717) is 17.0 Å². The van der Waals surface area contributed by atoms with E-state index in [2.05, 4.69) is 18.8 Å². The molecule has 1 aromatic carbocycles. The quantitative estimate of drug-likeness (QED) is 0.535. The van der Waals surface area contributed by atoms with E-state index in [-0.39, 0.29) is 11.7 Å². The van der Waals surface area contributed by atoms with Crippen molar-refractivity contribution in [3.8, 4) is 0 Å². The summed E-state index contributed by atoms with van der Waals surface area (Å²) < 4.78 is 13.8. The van der Waals surface area contributed by atoms with Gasteiger partial charge in [-0.25, -0.2) is 4.39 Å². The molecular formula is C18H23FN2OS. The van der Waals surface area contributed by atoms with E-state index in [1.54, 1.807) is 29.2 Å². The van der Waals surface area contributed by atoms with Gasteiger partial charge in [-0.2, -0.15) is 0 Å². The monoisotopic (exact) mass is 334 g/mol. The number of aliphatic imine (C=N–C) groups is 1. The van der Waals surface area contributed by atoms with Crippen LogP contribution >= 0.6 is 11.8 Å². The molecule has 3 nitrogen and oxygen atoms in total. The second kappa shape index (κ2) is 8.87. The molecule has 0 radical (unpaired) electrons. The second-order valence-corrected chi connectivity index (χ2v) is 6.47. The lowest BCUT2D eigenvalue weighted by atomic mass is 10.2.